The minimum Gasteiger partial charge on any atom is -0.508 e. The van der Waals surface area contributed by atoms with Crippen molar-refractivity contribution in [2.45, 2.75) is 126 Å². The van der Waals surface area contributed by atoms with Crippen molar-refractivity contribution in [2.24, 2.45) is 11.8 Å². The van der Waals surface area contributed by atoms with Crippen LogP contribution in [0, 0.1) is 35.5 Å². The van der Waals surface area contributed by atoms with Gasteiger partial charge < -0.3 is 20.4 Å². The highest BCUT2D eigenvalue weighted by molar-refractivity contribution is 5.45. The van der Waals surface area contributed by atoms with Gasteiger partial charge in [-0.1, -0.05) is 84.6 Å². The molecular formula is C50H56O4. The van der Waals surface area contributed by atoms with Gasteiger partial charge in [0.1, 0.15) is 22.7 Å². The number of aromatic hydroxyl groups is 2. The summed E-state index contributed by atoms with van der Waals surface area (Å²) < 4.78 is 0. The summed E-state index contributed by atoms with van der Waals surface area (Å²) >= 11 is 0. The van der Waals surface area contributed by atoms with E-state index in [0.29, 0.717) is 36.2 Å². The van der Waals surface area contributed by atoms with Gasteiger partial charge in [0.15, 0.2) is 0 Å². The number of benzene rings is 4. The maximum atomic E-state index is 11.1. The van der Waals surface area contributed by atoms with Crippen molar-refractivity contribution < 1.29 is 20.4 Å². The van der Waals surface area contributed by atoms with Gasteiger partial charge in [-0.05, 0) is 173 Å². The van der Waals surface area contributed by atoms with Gasteiger partial charge in [0, 0.05) is 10.8 Å². The van der Waals surface area contributed by atoms with Crippen molar-refractivity contribution in [3.8, 4) is 35.2 Å². The normalized spacial score (nSPS) is 29.6. The summed E-state index contributed by atoms with van der Waals surface area (Å²) in [6.45, 7) is 3.63. The Morgan fingerprint density at radius 2 is 0.963 bits per heavy atom. The van der Waals surface area contributed by atoms with Crippen LogP contribution in [-0.2, 0) is 36.5 Å². The van der Waals surface area contributed by atoms with Crippen LogP contribution in [0.15, 0.2) is 97.1 Å². The molecular weight excluding hydrogens is 665 g/mol. The first-order valence-electron chi connectivity index (χ1n) is 20.1. The first-order chi connectivity index (χ1) is 26.1. The molecule has 2 fully saturated rings. The number of aliphatic hydroxyl groups is 2. The Balaban J connectivity index is 0.000000167. The molecule has 0 aliphatic heterocycles. The molecule has 0 saturated heterocycles. The monoisotopic (exact) mass is 720 g/mol. The van der Waals surface area contributed by atoms with Crippen LogP contribution in [0.4, 0.5) is 0 Å². The zero-order valence-corrected chi connectivity index (χ0v) is 32.1. The van der Waals surface area contributed by atoms with E-state index in [4.69, 9.17) is 0 Å². The fourth-order valence-electron chi connectivity index (χ4n) is 11.0. The molecule has 0 unspecified atom stereocenters. The highest BCUT2D eigenvalue weighted by atomic mass is 16.3. The second-order valence-electron chi connectivity index (χ2n) is 16.7. The predicted octanol–water partition coefficient (Wildman–Crippen LogP) is 9.53. The molecule has 2 saturated carbocycles. The van der Waals surface area contributed by atoms with Gasteiger partial charge in [-0.2, -0.15) is 0 Å². The van der Waals surface area contributed by atoms with E-state index in [2.05, 4.69) is 96.5 Å². The van der Waals surface area contributed by atoms with E-state index < -0.39 is 11.2 Å². The summed E-state index contributed by atoms with van der Waals surface area (Å²) in [5.41, 5.74) is 6.27. The maximum Gasteiger partial charge on any atom is 0.125 e. The smallest absolute Gasteiger partial charge is 0.125 e. The molecule has 4 aliphatic carbocycles. The maximum absolute atomic E-state index is 11.1. The van der Waals surface area contributed by atoms with Crippen LogP contribution in [-0.4, -0.2) is 31.6 Å². The van der Waals surface area contributed by atoms with Gasteiger partial charge in [-0.3, -0.25) is 0 Å². The largest absolute Gasteiger partial charge is 0.508 e. The summed E-state index contributed by atoms with van der Waals surface area (Å²) in [5.74, 6) is 13.6. The van der Waals surface area contributed by atoms with Crippen LogP contribution < -0.4 is 0 Å². The predicted molar refractivity (Wildman–Crippen MR) is 217 cm³/mol. The molecule has 4 aromatic rings. The van der Waals surface area contributed by atoms with Gasteiger partial charge in [0.25, 0.3) is 0 Å². The molecule has 6 atom stereocenters. The lowest BCUT2D eigenvalue weighted by atomic mass is 9.56. The third-order valence-electron chi connectivity index (χ3n) is 13.4. The standard InChI is InChI=1S/2C25H28O2/c2*1-2-13-24(27)14-15-25(17-19-7-4-3-5-8-19)21(18-24)10-6-9-20-16-22(26)11-12-23(20)25/h2*3-5,7-8,11-12,16,21,26-27H,6,9-10,14-15,17-18H2,1H3/t2*21-,24-,25-/m10/s1. The van der Waals surface area contributed by atoms with Crippen LogP contribution >= 0.6 is 0 Å². The SMILES string of the molecule is CC#C[C@@]1(O)CC[C@]2(Cc3ccccc3)c3ccc(O)cc3CCC[C@@H]2C1.CC#C[C@]1(O)CC[C@@]2(Cc3ccccc3)c3ccc(O)cc3CCC[C@H]2C1. The molecule has 0 amide bonds. The van der Waals surface area contributed by atoms with Crippen molar-refractivity contribution in [1.82, 2.24) is 0 Å². The minimum atomic E-state index is -0.860. The molecule has 0 heterocycles. The summed E-state index contributed by atoms with van der Waals surface area (Å²) in [4.78, 5) is 0. The summed E-state index contributed by atoms with van der Waals surface area (Å²) in [7, 11) is 0. The lowest BCUT2D eigenvalue weighted by molar-refractivity contribution is -0.00381. The molecule has 4 nitrogen and oxygen atoms in total. The number of phenols is 2. The van der Waals surface area contributed by atoms with E-state index in [1.807, 2.05) is 38.1 Å². The Kier molecular flexibility index (Phi) is 11.0. The number of phenolic OH excluding ortho intramolecular Hbond substituents is 2. The van der Waals surface area contributed by atoms with Gasteiger partial charge in [-0.25, -0.2) is 0 Å². The molecule has 0 radical (unpaired) electrons. The number of fused-ring (bicyclic) bond motifs is 6. The van der Waals surface area contributed by atoms with Crippen LogP contribution in [0.2, 0.25) is 0 Å². The molecule has 4 aliphatic rings. The second kappa shape index (κ2) is 15.7. The highest BCUT2D eigenvalue weighted by Crippen LogP contribution is 2.55. The van der Waals surface area contributed by atoms with Crippen LogP contribution in [0.1, 0.15) is 111 Å². The zero-order chi connectivity index (χ0) is 37.8. The topological polar surface area (TPSA) is 80.9 Å². The first-order valence-corrected chi connectivity index (χ1v) is 20.1. The van der Waals surface area contributed by atoms with Gasteiger partial charge in [0.2, 0.25) is 0 Å². The molecule has 54 heavy (non-hydrogen) atoms. The lowest BCUT2D eigenvalue weighted by Gasteiger charge is -2.49. The number of aryl methyl sites for hydroxylation is 2. The number of hydrogen-bond acceptors (Lipinski definition) is 4. The van der Waals surface area contributed by atoms with Gasteiger partial charge >= 0.3 is 0 Å². The number of rotatable bonds is 4. The van der Waals surface area contributed by atoms with Crippen molar-refractivity contribution >= 4 is 0 Å². The molecule has 4 N–H and O–H groups in total. The number of hydrogen-bond donors (Lipinski definition) is 4. The summed E-state index contributed by atoms with van der Waals surface area (Å²) in [5, 5.41) is 42.2. The minimum absolute atomic E-state index is 0.00252. The van der Waals surface area contributed by atoms with Crippen molar-refractivity contribution in [3.05, 3.63) is 130 Å². The summed E-state index contributed by atoms with van der Waals surface area (Å²) in [6.07, 6.45) is 13.1. The highest BCUT2D eigenvalue weighted by Gasteiger charge is 2.51. The van der Waals surface area contributed by atoms with Crippen molar-refractivity contribution in [1.29, 1.82) is 0 Å². The molecule has 280 valence electrons. The second-order valence-corrected chi connectivity index (χ2v) is 16.7. The van der Waals surface area contributed by atoms with Crippen molar-refractivity contribution in [2.75, 3.05) is 0 Å². The third kappa shape index (κ3) is 7.71. The molecule has 0 spiro atoms. The Labute approximate surface area is 322 Å². The molecule has 4 heteroatoms. The lowest BCUT2D eigenvalue weighted by Crippen LogP contribution is -2.48. The zero-order valence-electron chi connectivity index (χ0n) is 32.1. The van der Waals surface area contributed by atoms with Crippen molar-refractivity contribution in [3.63, 3.8) is 0 Å². The van der Waals surface area contributed by atoms with E-state index in [1.54, 1.807) is 0 Å². The van der Waals surface area contributed by atoms with Crippen LogP contribution in [0.25, 0.3) is 0 Å². The van der Waals surface area contributed by atoms with Crippen LogP contribution in [0.5, 0.6) is 11.5 Å². The quantitative estimate of drug-likeness (QED) is 0.158. The Hall–Kier alpha value is -4.48. The first kappa shape index (κ1) is 37.8. The van der Waals surface area contributed by atoms with E-state index in [-0.39, 0.29) is 10.8 Å². The van der Waals surface area contributed by atoms with Gasteiger partial charge in [0.05, 0.1) is 0 Å². The average Bonchev–Trinajstić information content (AvgIpc) is 3.39. The average molecular weight is 721 g/mol. The van der Waals surface area contributed by atoms with E-state index in [0.717, 1.165) is 77.0 Å². The Morgan fingerprint density at radius 1 is 0.556 bits per heavy atom. The van der Waals surface area contributed by atoms with Gasteiger partial charge in [-0.15, -0.1) is 11.8 Å². The fourth-order valence-corrected chi connectivity index (χ4v) is 11.0. The molecule has 0 bridgehead atoms. The van der Waals surface area contributed by atoms with E-state index in [9.17, 15) is 20.4 Å². The third-order valence-corrected chi connectivity index (χ3v) is 13.4. The van der Waals surface area contributed by atoms with E-state index in [1.165, 1.54) is 33.4 Å². The van der Waals surface area contributed by atoms with E-state index >= 15 is 0 Å². The fraction of sp³-hybridized carbons (Fsp3) is 0.440. The molecule has 4 aromatic carbocycles. The summed E-state index contributed by atoms with van der Waals surface area (Å²) in [6, 6.07) is 33.3. The molecule has 0 aromatic heterocycles. The van der Waals surface area contributed by atoms with Crippen LogP contribution in [0.3, 0.4) is 0 Å². The Bertz CT molecular complexity index is 1900. The molecule has 8 rings (SSSR count). The Morgan fingerprint density at radius 3 is 1.35 bits per heavy atom.